The summed E-state index contributed by atoms with van der Waals surface area (Å²) in [6, 6.07) is 3.99. The minimum Gasteiger partial charge on any atom is -0.395 e. The van der Waals surface area contributed by atoms with Gasteiger partial charge in [0, 0.05) is 36.7 Å². The van der Waals surface area contributed by atoms with Crippen LogP contribution in [0, 0.1) is 6.92 Å². The maximum Gasteiger partial charge on any atom is 0.136 e. The van der Waals surface area contributed by atoms with E-state index >= 15 is 0 Å². The molecule has 1 aliphatic rings. The van der Waals surface area contributed by atoms with E-state index in [1.54, 1.807) is 6.20 Å². The lowest BCUT2D eigenvalue weighted by Crippen LogP contribution is -2.29. The minimum atomic E-state index is 0.109. The first-order chi connectivity index (χ1) is 10.8. The van der Waals surface area contributed by atoms with Crippen LogP contribution in [-0.2, 0) is 19.4 Å². The van der Waals surface area contributed by atoms with Crippen molar-refractivity contribution in [3.05, 3.63) is 47.2 Å². The highest BCUT2D eigenvalue weighted by Gasteiger charge is 2.21. The highest BCUT2D eigenvalue weighted by atomic mass is 16.3. The predicted octanol–water partition coefficient (Wildman–Crippen LogP) is 2.06. The third-order valence-corrected chi connectivity index (χ3v) is 4.04. The largest absolute Gasteiger partial charge is 0.395 e. The number of hydrogen-bond donors (Lipinski definition) is 1. The Labute approximate surface area is 131 Å². The van der Waals surface area contributed by atoms with Gasteiger partial charge in [-0.2, -0.15) is 0 Å². The van der Waals surface area contributed by atoms with Crippen molar-refractivity contribution in [1.29, 1.82) is 0 Å². The first-order valence-corrected chi connectivity index (χ1v) is 7.89. The fraction of sp³-hybridized carbons (Fsp3) is 0.471. The van der Waals surface area contributed by atoms with Crippen molar-refractivity contribution in [2.75, 3.05) is 18.1 Å². The quantitative estimate of drug-likeness (QED) is 0.915. The van der Waals surface area contributed by atoms with Crippen molar-refractivity contribution in [2.24, 2.45) is 0 Å². The van der Waals surface area contributed by atoms with Crippen LogP contribution in [-0.4, -0.2) is 33.2 Å². The minimum absolute atomic E-state index is 0.109. The molecule has 0 saturated carbocycles. The third kappa shape index (κ3) is 3.25. The molecule has 1 aliphatic carbocycles. The number of fused-ring (bicyclic) bond motifs is 1. The summed E-state index contributed by atoms with van der Waals surface area (Å²) in [5.41, 5.74) is 3.56. The van der Waals surface area contributed by atoms with Gasteiger partial charge < -0.3 is 10.0 Å². The molecule has 0 aliphatic heterocycles. The molecule has 2 aromatic rings. The molecule has 0 aromatic carbocycles. The molecule has 0 fully saturated rings. The Balaban J connectivity index is 1.96. The van der Waals surface area contributed by atoms with Crippen LogP contribution < -0.4 is 4.90 Å². The lowest BCUT2D eigenvalue weighted by molar-refractivity contribution is 0.301. The maximum atomic E-state index is 9.45. The summed E-state index contributed by atoms with van der Waals surface area (Å²) >= 11 is 0. The Morgan fingerprint density at radius 1 is 1.23 bits per heavy atom. The molecular formula is C17H22N4O. The first kappa shape index (κ1) is 14.9. The van der Waals surface area contributed by atoms with Crippen LogP contribution in [0.3, 0.4) is 0 Å². The molecule has 1 N–H and O–H groups in total. The van der Waals surface area contributed by atoms with E-state index in [1.165, 1.54) is 24.1 Å². The fourth-order valence-electron chi connectivity index (χ4n) is 3.05. The molecule has 5 heteroatoms. The highest BCUT2D eigenvalue weighted by Crippen LogP contribution is 2.28. The number of aromatic nitrogens is 3. The Bertz CT molecular complexity index is 630. The standard InChI is InChI=1S/C17H22N4O/c1-13-19-16-7-3-2-6-15(16)17(20-13)21(9-10-22)12-14-5-4-8-18-11-14/h4-5,8,11,22H,2-3,6-7,9-10,12H2,1H3. The molecule has 116 valence electrons. The summed E-state index contributed by atoms with van der Waals surface area (Å²) < 4.78 is 0. The van der Waals surface area contributed by atoms with Crippen LogP contribution in [0.5, 0.6) is 0 Å². The predicted molar refractivity (Wildman–Crippen MR) is 85.8 cm³/mol. The number of aryl methyl sites for hydroxylation is 2. The van der Waals surface area contributed by atoms with E-state index < -0.39 is 0 Å². The van der Waals surface area contributed by atoms with Gasteiger partial charge in [0.15, 0.2) is 0 Å². The zero-order valence-electron chi connectivity index (χ0n) is 13.0. The van der Waals surface area contributed by atoms with Crippen molar-refractivity contribution in [3.8, 4) is 0 Å². The van der Waals surface area contributed by atoms with Gasteiger partial charge in [0.05, 0.1) is 6.61 Å². The molecule has 0 radical (unpaired) electrons. The monoisotopic (exact) mass is 298 g/mol. The fourth-order valence-corrected chi connectivity index (χ4v) is 3.05. The normalized spacial score (nSPS) is 13.7. The first-order valence-electron chi connectivity index (χ1n) is 7.89. The maximum absolute atomic E-state index is 9.45. The van der Waals surface area contributed by atoms with Crippen molar-refractivity contribution < 1.29 is 5.11 Å². The zero-order chi connectivity index (χ0) is 15.4. The molecule has 5 nitrogen and oxygen atoms in total. The van der Waals surface area contributed by atoms with Crippen LogP contribution in [0.4, 0.5) is 5.82 Å². The van der Waals surface area contributed by atoms with Gasteiger partial charge in [0.2, 0.25) is 0 Å². The summed E-state index contributed by atoms with van der Waals surface area (Å²) in [7, 11) is 0. The zero-order valence-corrected chi connectivity index (χ0v) is 13.0. The smallest absolute Gasteiger partial charge is 0.136 e. The van der Waals surface area contributed by atoms with Gasteiger partial charge in [0.25, 0.3) is 0 Å². The topological polar surface area (TPSA) is 62.1 Å². The summed E-state index contributed by atoms with van der Waals surface area (Å²) in [6.07, 6.45) is 8.09. The van der Waals surface area contributed by atoms with Crippen LogP contribution in [0.25, 0.3) is 0 Å². The Morgan fingerprint density at radius 3 is 2.86 bits per heavy atom. The lowest BCUT2D eigenvalue weighted by atomic mass is 9.96. The van der Waals surface area contributed by atoms with Gasteiger partial charge >= 0.3 is 0 Å². The number of hydrogen-bond acceptors (Lipinski definition) is 5. The molecule has 2 aromatic heterocycles. The van der Waals surface area contributed by atoms with Crippen molar-refractivity contribution in [2.45, 2.75) is 39.2 Å². The van der Waals surface area contributed by atoms with Crippen LogP contribution in [0.15, 0.2) is 24.5 Å². The SMILES string of the molecule is Cc1nc2c(c(N(CCO)Cc3cccnc3)n1)CCCC2. The van der Waals surface area contributed by atoms with E-state index in [-0.39, 0.29) is 6.61 Å². The second-order valence-electron chi connectivity index (χ2n) is 5.73. The number of aliphatic hydroxyl groups excluding tert-OH is 1. The van der Waals surface area contributed by atoms with Crippen LogP contribution >= 0.6 is 0 Å². The molecule has 2 heterocycles. The number of nitrogens with zero attached hydrogens (tertiary/aromatic N) is 4. The molecule has 0 amide bonds. The molecule has 0 saturated heterocycles. The van der Waals surface area contributed by atoms with Gasteiger partial charge in [-0.25, -0.2) is 9.97 Å². The van der Waals surface area contributed by atoms with Crippen LogP contribution in [0.1, 0.15) is 35.5 Å². The summed E-state index contributed by atoms with van der Waals surface area (Å²) in [6.45, 7) is 3.33. The van der Waals surface area contributed by atoms with Gasteiger partial charge in [-0.3, -0.25) is 4.98 Å². The average molecular weight is 298 g/mol. The highest BCUT2D eigenvalue weighted by molar-refractivity contribution is 5.50. The van der Waals surface area contributed by atoms with E-state index in [1.807, 2.05) is 19.2 Å². The molecule has 3 rings (SSSR count). The van der Waals surface area contributed by atoms with E-state index in [2.05, 4.69) is 25.9 Å². The van der Waals surface area contributed by atoms with Crippen molar-refractivity contribution >= 4 is 5.82 Å². The van der Waals surface area contributed by atoms with E-state index in [0.717, 1.165) is 30.0 Å². The molecule has 0 bridgehead atoms. The van der Waals surface area contributed by atoms with Crippen molar-refractivity contribution in [3.63, 3.8) is 0 Å². The summed E-state index contributed by atoms with van der Waals surface area (Å²) in [4.78, 5) is 15.6. The van der Waals surface area contributed by atoms with Gasteiger partial charge in [-0.05, 0) is 44.2 Å². The Hall–Kier alpha value is -2.01. The second kappa shape index (κ2) is 6.83. The average Bonchev–Trinajstić information content (AvgIpc) is 2.54. The van der Waals surface area contributed by atoms with Crippen LogP contribution in [0.2, 0.25) is 0 Å². The van der Waals surface area contributed by atoms with Gasteiger partial charge in [0.1, 0.15) is 11.6 Å². The molecule has 0 spiro atoms. The third-order valence-electron chi connectivity index (χ3n) is 4.04. The molecule has 0 atom stereocenters. The molecule has 0 unspecified atom stereocenters. The number of pyridine rings is 1. The van der Waals surface area contributed by atoms with Crippen molar-refractivity contribution in [1.82, 2.24) is 15.0 Å². The van der Waals surface area contributed by atoms with Gasteiger partial charge in [-0.15, -0.1) is 0 Å². The lowest BCUT2D eigenvalue weighted by Gasteiger charge is -2.28. The Kier molecular flexibility index (Phi) is 4.63. The molecular weight excluding hydrogens is 276 g/mol. The van der Waals surface area contributed by atoms with E-state index in [4.69, 9.17) is 0 Å². The number of aliphatic hydroxyl groups is 1. The second-order valence-corrected chi connectivity index (χ2v) is 5.73. The molecule has 22 heavy (non-hydrogen) atoms. The number of anilines is 1. The summed E-state index contributed by atoms with van der Waals surface area (Å²) in [5.74, 6) is 1.80. The van der Waals surface area contributed by atoms with E-state index in [0.29, 0.717) is 13.1 Å². The van der Waals surface area contributed by atoms with Gasteiger partial charge in [-0.1, -0.05) is 6.07 Å². The number of rotatable bonds is 5. The summed E-state index contributed by atoms with van der Waals surface area (Å²) in [5, 5.41) is 9.45. The Morgan fingerprint density at radius 2 is 2.09 bits per heavy atom. The van der Waals surface area contributed by atoms with E-state index in [9.17, 15) is 5.11 Å².